The molecule has 1 aromatic heterocycles. The Labute approximate surface area is 159 Å². The maximum Gasteiger partial charge on any atom is 0.271 e. The Kier molecular flexibility index (Phi) is 6.57. The molecule has 1 amide bonds. The van der Waals surface area contributed by atoms with Gasteiger partial charge in [0.15, 0.2) is 18.2 Å². The van der Waals surface area contributed by atoms with Crippen LogP contribution in [0.2, 0.25) is 0 Å². The predicted octanol–water partition coefficient (Wildman–Crippen LogP) is 3.39. The van der Waals surface area contributed by atoms with Crippen molar-refractivity contribution in [3.8, 4) is 17.2 Å². The van der Waals surface area contributed by atoms with Gasteiger partial charge < -0.3 is 19.5 Å². The van der Waals surface area contributed by atoms with E-state index in [2.05, 4.69) is 10.4 Å². The molecule has 1 heterocycles. The fourth-order valence-corrected chi connectivity index (χ4v) is 3.33. The SMILES string of the molecule is COc1cccc(OC)c1OCn1ccc(C(=O)NC2CCCCCC2)n1. The molecule has 27 heavy (non-hydrogen) atoms. The van der Waals surface area contributed by atoms with Gasteiger partial charge >= 0.3 is 0 Å². The summed E-state index contributed by atoms with van der Waals surface area (Å²) >= 11 is 0. The Morgan fingerprint density at radius 3 is 2.41 bits per heavy atom. The Morgan fingerprint density at radius 1 is 1.11 bits per heavy atom. The highest BCUT2D eigenvalue weighted by molar-refractivity contribution is 5.92. The Morgan fingerprint density at radius 2 is 1.78 bits per heavy atom. The van der Waals surface area contributed by atoms with Crippen molar-refractivity contribution in [1.29, 1.82) is 0 Å². The van der Waals surface area contributed by atoms with E-state index in [1.807, 2.05) is 6.07 Å². The first-order valence-corrected chi connectivity index (χ1v) is 9.39. The second-order valence-corrected chi connectivity index (χ2v) is 6.67. The maximum atomic E-state index is 12.4. The first kappa shape index (κ1) is 19.1. The number of aromatic nitrogens is 2. The van der Waals surface area contributed by atoms with Crippen LogP contribution < -0.4 is 19.5 Å². The zero-order chi connectivity index (χ0) is 19.1. The van der Waals surface area contributed by atoms with Crippen molar-refractivity contribution in [3.63, 3.8) is 0 Å². The quantitative estimate of drug-likeness (QED) is 0.753. The van der Waals surface area contributed by atoms with Crippen molar-refractivity contribution in [2.75, 3.05) is 14.2 Å². The highest BCUT2D eigenvalue weighted by Crippen LogP contribution is 2.36. The summed E-state index contributed by atoms with van der Waals surface area (Å²) < 4.78 is 18.0. The van der Waals surface area contributed by atoms with Crippen molar-refractivity contribution in [2.45, 2.75) is 51.3 Å². The molecule has 146 valence electrons. The van der Waals surface area contributed by atoms with Crippen LogP contribution in [-0.4, -0.2) is 35.9 Å². The number of rotatable bonds is 7. The summed E-state index contributed by atoms with van der Waals surface area (Å²) in [5, 5.41) is 7.43. The van der Waals surface area contributed by atoms with Gasteiger partial charge in [0.05, 0.1) is 14.2 Å². The van der Waals surface area contributed by atoms with Crippen molar-refractivity contribution in [1.82, 2.24) is 15.1 Å². The number of para-hydroxylation sites is 1. The Bertz CT molecular complexity index is 729. The van der Waals surface area contributed by atoms with E-state index in [0.29, 0.717) is 22.9 Å². The highest BCUT2D eigenvalue weighted by atomic mass is 16.5. The van der Waals surface area contributed by atoms with Crippen LogP contribution in [0.3, 0.4) is 0 Å². The number of nitrogens with zero attached hydrogens (tertiary/aromatic N) is 2. The Balaban J connectivity index is 1.60. The fourth-order valence-electron chi connectivity index (χ4n) is 3.33. The van der Waals surface area contributed by atoms with Crippen LogP contribution in [0.15, 0.2) is 30.5 Å². The number of methoxy groups -OCH3 is 2. The summed E-state index contributed by atoms with van der Waals surface area (Å²) in [7, 11) is 3.15. The number of carbonyl (C=O) groups is 1. The lowest BCUT2D eigenvalue weighted by Gasteiger charge is -2.15. The molecule has 0 bridgehead atoms. The number of ether oxygens (including phenoxy) is 3. The van der Waals surface area contributed by atoms with Gasteiger partial charge in [-0.3, -0.25) is 4.79 Å². The van der Waals surface area contributed by atoms with Gasteiger partial charge in [0.1, 0.15) is 5.69 Å². The van der Waals surface area contributed by atoms with Gasteiger partial charge in [0.2, 0.25) is 5.75 Å². The monoisotopic (exact) mass is 373 g/mol. The van der Waals surface area contributed by atoms with Crippen LogP contribution in [0.25, 0.3) is 0 Å². The first-order valence-electron chi connectivity index (χ1n) is 9.39. The molecule has 0 radical (unpaired) electrons. The van der Waals surface area contributed by atoms with E-state index < -0.39 is 0 Å². The topological polar surface area (TPSA) is 74.6 Å². The van der Waals surface area contributed by atoms with Crippen LogP contribution in [0.5, 0.6) is 17.2 Å². The molecule has 1 aliphatic rings. The third-order valence-corrected chi connectivity index (χ3v) is 4.79. The van der Waals surface area contributed by atoms with Crippen LogP contribution in [0, 0.1) is 0 Å². The van der Waals surface area contributed by atoms with Crippen molar-refractivity contribution in [2.24, 2.45) is 0 Å². The van der Waals surface area contributed by atoms with E-state index in [-0.39, 0.29) is 18.7 Å². The molecule has 7 heteroatoms. The molecule has 0 aliphatic heterocycles. The largest absolute Gasteiger partial charge is 0.493 e. The molecule has 0 atom stereocenters. The molecule has 1 aromatic carbocycles. The Hall–Kier alpha value is -2.70. The second kappa shape index (κ2) is 9.30. The molecule has 2 aromatic rings. The molecule has 3 rings (SSSR count). The van der Waals surface area contributed by atoms with Gasteiger partial charge in [0.25, 0.3) is 5.91 Å². The molecule has 0 saturated heterocycles. The lowest BCUT2D eigenvalue weighted by atomic mass is 10.1. The van der Waals surface area contributed by atoms with Gasteiger partial charge in [-0.05, 0) is 31.0 Å². The van der Waals surface area contributed by atoms with Gasteiger partial charge in [-0.15, -0.1) is 0 Å². The number of hydrogen-bond acceptors (Lipinski definition) is 5. The summed E-state index contributed by atoms with van der Waals surface area (Å²) in [5.74, 6) is 1.53. The van der Waals surface area contributed by atoms with Gasteiger partial charge in [-0.2, -0.15) is 5.10 Å². The summed E-state index contributed by atoms with van der Waals surface area (Å²) in [5.41, 5.74) is 0.398. The van der Waals surface area contributed by atoms with Gasteiger partial charge in [-0.1, -0.05) is 31.7 Å². The molecule has 1 saturated carbocycles. The van der Waals surface area contributed by atoms with E-state index in [4.69, 9.17) is 14.2 Å². The number of amides is 1. The highest BCUT2D eigenvalue weighted by Gasteiger charge is 2.18. The third-order valence-electron chi connectivity index (χ3n) is 4.79. The molecule has 1 fully saturated rings. The number of hydrogen-bond donors (Lipinski definition) is 1. The predicted molar refractivity (Wildman–Crippen MR) is 101 cm³/mol. The zero-order valence-corrected chi connectivity index (χ0v) is 15.9. The first-order chi connectivity index (χ1) is 13.2. The van der Waals surface area contributed by atoms with Crippen LogP contribution >= 0.6 is 0 Å². The van der Waals surface area contributed by atoms with E-state index >= 15 is 0 Å². The molecular formula is C20H27N3O4. The van der Waals surface area contributed by atoms with Crippen LogP contribution in [0.4, 0.5) is 0 Å². The van der Waals surface area contributed by atoms with E-state index in [9.17, 15) is 4.79 Å². The van der Waals surface area contributed by atoms with Crippen molar-refractivity contribution in [3.05, 3.63) is 36.2 Å². The van der Waals surface area contributed by atoms with Crippen LogP contribution in [-0.2, 0) is 6.73 Å². The standard InChI is InChI=1S/C20H27N3O4/c1-25-17-10-7-11-18(26-2)19(17)27-14-23-13-12-16(22-23)20(24)21-15-8-5-3-4-6-9-15/h7,10-13,15H,3-6,8-9,14H2,1-2H3,(H,21,24). The number of benzene rings is 1. The summed E-state index contributed by atoms with van der Waals surface area (Å²) in [6.45, 7) is 0.146. The van der Waals surface area contributed by atoms with E-state index in [1.165, 1.54) is 25.7 Å². The lowest BCUT2D eigenvalue weighted by Crippen LogP contribution is -2.34. The summed E-state index contributed by atoms with van der Waals surface area (Å²) in [6, 6.07) is 7.38. The molecule has 7 nitrogen and oxygen atoms in total. The average Bonchev–Trinajstić information content (AvgIpc) is 3.03. The summed E-state index contributed by atoms with van der Waals surface area (Å²) in [4.78, 5) is 12.4. The van der Waals surface area contributed by atoms with Crippen LogP contribution in [0.1, 0.15) is 49.0 Å². The number of nitrogens with one attached hydrogen (secondary N) is 1. The molecular weight excluding hydrogens is 346 g/mol. The molecule has 1 N–H and O–H groups in total. The average molecular weight is 373 g/mol. The lowest BCUT2D eigenvalue weighted by molar-refractivity contribution is 0.0926. The van der Waals surface area contributed by atoms with E-state index in [0.717, 1.165) is 12.8 Å². The number of carbonyl (C=O) groups excluding carboxylic acids is 1. The van der Waals surface area contributed by atoms with Gasteiger partial charge in [-0.25, -0.2) is 4.68 Å². The third kappa shape index (κ3) is 4.93. The fraction of sp³-hybridized carbons (Fsp3) is 0.500. The van der Waals surface area contributed by atoms with E-state index in [1.54, 1.807) is 43.3 Å². The minimum absolute atomic E-state index is 0.129. The second-order valence-electron chi connectivity index (χ2n) is 6.67. The maximum absolute atomic E-state index is 12.4. The minimum Gasteiger partial charge on any atom is -0.493 e. The summed E-state index contributed by atoms with van der Waals surface area (Å²) in [6.07, 6.45) is 8.67. The molecule has 0 unspecified atom stereocenters. The molecule has 0 spiro atoms. The minimum atomic E-state index is -0.129. The smallest absolute Gasteiger partial charge is 0.271 e. The molecule has 1 aliphatic carbocycles. The zero-order valence-electron chi connectivity index (χ0n) is 15.9. The van der Waals surface area contributed by atoms with Crippen molar-refractivity contribution < 1.29 is 19.0 Å². The van der Waals surface area contributed by atoms with Gasteiger partial charge in [0, 0.05) is 12.2 Å². The normalized spacial score (nSPS) is 15.0. The van der Waals surface area contributed by atoms with Crippen molar-refractivity contribution >= 4 is 5.91 Å².